The standard InChI is InChI=1S/C56H72O8Si2/c1-15-19-23-39-43-33-41-37(25-31-65(9,10)11)45-35-47-48(56(28-22-18-4,54(60)64-8)30-29-55(47,27-21-17-3)53(59)63-7)36-46(45)38(26-32-66(12,13)14)42(41)34-44(43)40(24-20-16-2)50(52(58)62-6)49(39)51(57)61-5/h29-30,33-36H,15-24,27-28H2,1-14H3. The third-order valence-corrected chi connectivity index (χ3v) is 14.7. The SMILES string of the molecule is CCCCc1c(C(=O)OC)c(C(=O)OC)c(CCCC)c2cc3c(C#C[Si](C)(C)C)c4cc5c(cc4c(C#C[Si](C)(C)C)c3cc12)C(CCCC)(C(=O)OC)C=CC5(CCCC)C(=O)OC. The van der Waals surface area contributed by atoms with Gasteiger partial charge in [0.15, 0.2) is 0 Å². The number of rotatable bonds is 16. The molecular weight excluding hydrogens is 857 g/mol. The zero-order chi connectivity index (χ0) is 48.8. The average molecular weight is 929 g/mol. The monoisotopic (exact) mass is 928 g/mol. The molecule has 1 aliphatic rings. The Morgan fingerprint density at radius 3 is 1.11 bits per heavy atom. The molecule has 1 aliphatic carbocycles. The van der Waals surface area contributed by atoms with Crippen molar-refractivity contribution in [2.45, 2.75) is 155 Å². The fourth-order valence-corrected chi connectivity index (χ4v) is 10.5. The number of carbonyl (C=O) groups is 4. The van der Waals surface area contributed by atoms with Crippen LogP contribution in [0, 0.1) is 22.9 Å². The van der Waals surface area contributed by atoms with Gasteiger partial charge in [-0.25, -0.2) is 9.59 Å². The Morgan fingerprint density at radius 2 is 0.818 bits per heavy atom. The van der Waals surface area contributed by atoms with Crippen molar-refractivity contribution in [3.8, 4) is 22.9 Å². The molecular formula is C56H72O8Si2. The van der Waals surface area contributed by atoms with Crippen LogP contribution in [0.2, 0.25) is 39.3 Å². The molecule has 10 heteroatoms. The summed E-state index contributed by atoms with van der Waals surface area (Å²) >= 11 is 0. The van der Waals surface area contributed by atoms with E-state index >= 15 is 0 Å². The molecule has 0 amide bonds. The first-order chi connectivity index (χ1) is 31.3. The number of carbonyl (C=O) groups excluding carboxylic acids is 4. The third kappa shape index (κ3) is 10.1. The summed E-state index contributed by atoms with van der Waals surface area (Å²) in [4.78, 5) is 57.1. The predicted molar refractivity (Wildman–Crippen MR) is 275 cm³/mol. The normalized spacial score (nSPS) is 16.8. The fourth-order valence-electron chi connectivity index (χ4n) is 9.51. The molecule has 0 saturated heterocycles. The van der Waals surface area contributed by atoms with Crippen molar-refractivity contribution in [3.63, 3.8) is 0 Å². The maximum Gasteiger partial charge on any atom is 0.339 e. The van der Waals surface area contributed by atoms with Gasteiger partial charge in [0.25, 0.3) is 0 Å². The molecule has 0 N–H and O–H groups in total. The van der Waals surface area contributed by atoms with E-state index in [1.807, 2.05) is 12.2 Å². The molecule has 4 aromatic rings. The molecule has 2 atom stereocenters. The smallest absolute Gasteiger partial charge is 0.339 e. The number of hydrogen-bond donors (Lipinski definition) is 0. The minimum atomic E-state index is -2.03. The van der Waals surface area contributed by atoms with E-state index in [1.165, 1.54) is 28.4 Å². The van der Waals surface area contributed by atoms with E-state index in [1.54, 1.807) is 0 Å². The van der Waals surface area contributed by atoms with E-state index in [9.17, 15) is 19.2 Å². The van der Waals surface area contributed by atoms with Gasteiger partial charge in [-0.1, -0.05) is 129 Å². The number of unbranched alkanes of at least 4 members (excludes halogenated alkanes) is 4. The van der Waals surface area contributed by atoms with Crippen molar-refractivity contribution >= 4 is 72.3 Å². The lowest BCUT2D eigenvalue weighted by Crippen LogP contribution is -2.46. The van der Waals surface area contributed by atoms with E-state index < -0.39 is 38.9 Å². The highest BCUT2D eigenvalue weighted by Crippen LogP contribution is 2.51. The largest absolute Gasteiger partial charge is 0.468 e. The van der Waals surface area contributed by atoms with Crippen molar-refractivity contribution < 1.29 is 38.1 Å². The van der Waals surface area contributed by atoms with Crippen LogP contribution in [0.4, 0.5) is 0 Å². The minimum absolute atomic E-state index is 0.246. The molecule has 0 aromatic heterocycles. The van der Waals surface area contributed by atoms with Gasteiger partial charge in [-0.3, -0.25) is 9.59 Å². The van der Waals surface area contributed by atoms with Gasteiger partial charge in [0, 0.05) is 11.1 Å². The number of fused-ring (bicyclic) bond motifs is 4. The second-order valence-electron chi connectivity index (χ2n) is 20.0. The molecule has 66 heavy (non-hydrogen) atoms. The second kappa shape index (κ2) is 21.2. The van der Waals surface area contributed by atoms with Crippen LogP contribution in [0.5, 0.6) is 0 Å². The lowest BCUT2D eigenvalue weighted by molar-refractivity contribution is -0.148. The summed E-state index contributed by atoms with van der Waals surface area (Å²) in [5.41, 5.74) is 9.94. The molecule has 0 aliphatic heterocycles. The van der Waals surface area contributed by atoms with Gasteiger partial charge in [-0.05, 0) is 117 Å². The molecule has 4 aromatic carbocycles. The van der Waals surface area contributed by atoms with Crippen molar-refractivity contribution in [3.05, 3.63) is 80.9 Å². The number of benzene rings is 4. The van der Waals surface area contributed by atoms with E-state index in [2.05, 4.69) is 114 Å². The van der Waals surface area contributed by atoms with Crippen LogP contribution in [0.25, 0.3) is 32.3 Å². The molecule has 0 fully saturated rings. The molecule has 8 nitrogen and oxygen atoms in total. The second-order valence-corrected chi connectivity index (χ2v) is 29.5. The van der Waals surface area contributed by atoms with E-state index in [0.29, 0.717) is 36.8 Å². The van der Waals surface area contributed by atoms with E-state index in [-0.39, 0.29) is 23.1 Å². The molecule has 0 spiro atoms. The van der Waals surface area contributed by atoms with Gasteiger partial charge in [0.2, 0.25) is 0 Å². The Morgan fingerprint density at radius 1 is 0.485 bits per heavy atom. The first kappa shape index (κ1) is 51.8. The lowest BCUT2D eigenvalue weighted by atomic mass is 9.61. The van der Waals surface area contributed by atoms with Gasteiger partial charge < -0.3 is 18.9 Å². The Kier molecular flexibility index (Phi) is 16.6. The van der Waals surface area contributed by atoms with Crippen LogP contribution >= 0.6 is 0 Å². The Hall–Kier alpha value is -5.17. The summed E-state index contributed by atoms with van der Waals surface area (Å²) in [6, 6.07) is 8.53. The summed E-state index contributed by atoms with van der Waals surface area (Å²) in [6.45, 7) is 21.7. The van der Waals surface area contributed by atoms with Crippen molar-refractivity contribution in [1.82, 2.24) is 0 Å². The number of aryl methyl sites for hydroxylation is 2. The lowest BCUT2D eigenvalue weighted by Gasteiger charge is -2.41. The molecule has 0 saturated carbocycles. The number of methoxy groups -OCH3 is 4. The van der Waals surface area contributed by atoms with Gasteiger partial charge in [0.05, 0.1) is 39.6 Å². The average Bonchev–Trinajstić information content (AvgIpc) is 3.29. The molecule has 5 rings (SSSR count). The molecule has 0 heterocycles. The van der Waals surface area contributed by atoms with Crippen LogP contribution in [0.1, 0.15) is 146 Å². The quantitative estimate of drug-likeness (QED) is 0.0273. The highest BCUT2D eigenvalue weighted by atomic mass is 28.3. The molecule has 0 radical (unpaired) electrons. The van der Waals surface area contributed by atoms with Gasteiger partial charge in [0.1, 0.15) is 27.0 Å². The summed E-state index contributed by atoms with van der Waals surface area (Å²) in [5.74, 6) is 5.51. The predicted octanol–water partition coefficient (Wildman–Crippen LogP) is 12.6. The number of hydrogen-bond acceptors (Lipinski definition) is 8. The summed E-state index contributed by atoms with van der Waals surface area (Å²) in [6.07, 6.45) is 12.3. The first-order valence-electron chi connectivity index (χ1n) is 24.0. The maximum absolute atomic E-state index is 14.5. The van der Waals surface area contributed by atoms with Gasteiger partial charge >= 0.3 is 23.9 Å². The molecule has 0 bridgehead atoms. The van der Waals surface area contributed by atoms with Crippen LogP contribution in [0.3, 0.4) is 0 Å². The fraction of sp³-hybridized carbons (Fsp3) is 0.500. The molecule has 2 unspecified atom stereocenters. The van der Waals surface area contributed by atoms with Gasteiger partial charge in [-0.15, -0.1) is 11.1 Å². The highest BCUT2D eigenvalue weighted by Gasteiger charge is 2.51. The topological polar surface area (TPSA) is 105 Å². The molecule has 352 valence electrons. The van der Waals surface area contributed by atoms with Crippen LogP contribution in [0.15, 0.2) is 36.4 Å². The van der Waals surface area contributed by atoms with Crippen LogP contribution in [-0.4, -0.2) is 68.5 Å². The van der Waals surface area contributed by atoms with E-state index in [0.717, 1.165) is 106 Å². The van der Waals surface area contributed by atoms with E-state index in [4.69, 9.17) is 18.9 Å². The zero-order valence-corrected chi connectivity index (χ0v) is 44.2. The van der Waals surface area contributed by atoms with Crippen molar-refractivity contribution in [2.75, 3.05) is 28.4 Å². The first-order valence-corrected chi connectivity index (χ1v) is 31.0. The zero-order valence-electron chi connectivity index (χ0n) is 42.2. The number of esters is 4. The van der Waals surface area contributed by atoms with Gasteiger partial charge in [-0.2, -0.15) is 0 Å². The van der Waals surface area contributed by atoms with Crippen molar-refractivity contribution in [2.24, 2.45) is 0 Å². The minimum Gasteiger partial charge on any atom is -0.468 e. The third-order valence-electron chi connectivity index (χ3n) is 12.9. The Labute approximate surface area is 396 Å². The Bertz CT molecular complexity index is 2530. The summed E-state index contributed by atoms with van der Waals surface area (Å²) in [7, 11) is 1.51. The summed E-state index contributed by atoms with van der Waals surface area (Å²) in [5, 5.41) is 5.06. The maximum atomic E-state index is 14.5. The van der Waals surface area contributed by atoms with Crippen LogP contribution in [-0.2, 0) is 52.2 Å². The summed E-state index contributed by atoms with van der Waals surface area (Å²) < 4.78 is 22.3. The Balaban J connectivity index is 2.27. The van der Waals surface area contributed by atoms with Crippen LogP contribution < -0.4 is 0 Å². The number of ether oxygens (including phenoxy) is 4. The highest BCUT2D eigenvalue weighted by molar-refractivity contribution is 6.84. The van der Waals surface area contributed by atoms with Crippen molar-refractivity contribution in [1.29, 1.82) is 0 Å².